The Labute approximate surface area is 132 Å². The summed E-state index contributed by atoms with van der Waals surface area (Å²) in [5, 5.41) is 6.20. The van der Waals surface area contributed by atoms with E-state index in [-0.39, 0.29) is 24.2 Å². The van der Waals surface area contributed by atoms with Crippen LogP contribution in [0.25, 0.3) is 0 Å². The van der Waals surface area contributed by atoms with Crippen molar-refractivity contribution >= 4 is 29.8 Å². The van der Waals surface area contributed by atoms with Crippen LogP contribution in [0.15, 0.2) is 18.3 Å². The van der Waals surface area contributed by atoms with Crippen molar-refractivity contribution in [1.82, 2.24) is 10.3 Å². The molecule has 0 radical (unpaired) electrons. The number of nitrogens with one attached hydrogen (secondary N) is 2. The molecule has 1 aromatic rings. The zero-order valence-corrected chi connectivity index (χ0v) is 13.7. The van der Waals surface area contributed by atoms with E-state index >= 15 is 0 Å². The number of nitrogens with zero attached hydrogens (tertiary/aromatic N) is 2. The average molecular weight is 313 g/mol. The fraction of sp³-hybridized carbons (Fsp3) is 0.600. The molecule has 1 unspecified atom stereocenters. The summed E-state index contributed by atoms with van der Waals surface area (Å²) in [4.78, 5) is 18.6. The molecule has 2 rings (SSSR count). The number of hydrogen-bond donors (Lipinski definition) is 2. The third-order valence-electron chi connectivity index (χ3n) is 3.89. The van der Waals surface area contributed by atoms with Gasteiger partial charge in [-0.2, -0.15) is 0 Å². The molecule has 6 heteroatoms. The number of aromatic nitrogens is 1. The Morgan fingerprint density at radius 1 is 1.29 bits per heavy atom. The molecule has 1 aliphatic rings. The summed E-state index contributed by atoms with van der Waals surface area (Å²) >= 11 is 0. The van der Waals surface area contributed by atoms with Gasteiger partial charge in [0.25, 0.3) is 0 Å². The molecule has 1 amide bonds. The molecule has 2 heterocycles. The second kappa shape index (κ2) is 8.20. The molecule has 1 atom stereocenters. The van der Waals surface area contributed by atoms with E-state index in [1.807, 2.05) is 39.1 Å². The molecule has 118 valence electrons. The second-order valence-corrected chi connectivity index (χ2v) is 5.66. The first-order valence-electron chi connectivity index (χ1n) is 7.30. The highest BCUT2D eigenvalue weighted by Gasteiger charge is 2.17. The Morgan fingerprint density at radius 2 is 1.95 bits per heavy atom. The van der Waals surface area contributed by atoms with Crippen LogP contribution in [-0.2, 0) is 4.79 Å². The van der Waals surface area contributed by atoms with Crippen LogP contribution in [0.1, 0.15) is 20.8 Å². The first-order chi connectivity index (χ1) is 9.58. The van der Waals surface area contributed by atoms with Crippen molar-refractivity contribution in [1.29, 1.82) is 0 Å². The van der Waals surface area contributed by atoms with Crippen LogP contribution in [0.2, 0.25) is 0 Å². The molecule has 0 aromatic carbocycles. The summed E-state index contributed by atoms with van der Waals surface area (Å²) < 4.78 is 0. The first-order valence-corrected chi connectivity index (χ1v) is 7.30. The van der Waals surface area contributed by atoms with Gasteiger partial charge in [-0.1, -0.05) is 20.8 Å². The fourth-order valence-electron chi connectivity index (χ4n) is 2.11. The van der Waals surface area contributed by atoms with Gasteiger partial charge in [0.15, 0.2) is 0 Å². The van der Waals surface area contributed by atoms with E-state index < -0.39 is 0 Å². The SMILES string of the molecule is CC(C)C(C)C(=O)Nc1ccc(N2CCNCC2)cn1.Cl. The van der Waals surface area contributed by atoms with Gasteiger partial charge in [0, 0.05) is 32.1 Å². The zero-order chi connectivity index (χ0) is 14.5. The van der Waals surface area contributed by atoms with Gasteiger partial charge in [-0.15, -0.1) is 12.4 Å². The van der Waals surface area contributed by atoms with Crippen LogP contribution in [0.4, 0.5) is 11.5 Å². The number of carbonyl (C=O) groups excluding carboxylic acids is 1. The van der Waals surface area contributed by atoms with Gasteiger partial charge in [-0.05, 0) is 18.1 Å². The van der Waals surface area contributed by atoms with E-state index in [1.54, 1.807) is 0 Å². The Bertz CT molecular complexity index is 443. The lowest BCUT2D eigenvalue weighted by atomic mass is 9.97. The number of anilines is 2. The summed E-state index contributed by atoms with van der Waals surface area (Å²) in [6, 6.07) is 3.90. The molecule has 21 heavy (non-hydrogen) atoms. The maximum atomic E-state index is 12.0. The normalized spacial score (nSPS) is 16.3. The van der Waals surface area contributed by atoms with Crippen LogP contribution >= 0.6 is 12.4 Å². The minimum atomic E-state index is -0.00959. The number of carbonyl (C=O) groups is 1. The average Bonchev–Trinajstić information content (AvgIpc) is 2.48. The number of halogens is 1. The minimum absolute atomic E-state index is 0. The number of pyridine rings is 1. The molecular formula is C15H25ClN4O. The molecule has 0 aliphatic carbocycles. The summed E-state index contributed by atoms with van der Waals surface area (Å²) in [7, 11) is 0. The zero-order valence-electron chi connectivity index (χ0n) is 12.9. The highest BCUT2D eigenvalue weighted by Crippen LogP contribution is 2.17. The van der Waals surface area contributed by atoms with Crippen LogP contribution in [0.5, 0.6) is 0 Å². The first kappa shape index (κ1) is 17.7. The summed E-state index contributed by atoms with van der Waals surface area (Å²) in [5.41, 5.74) is 1.11. The number of hydrogen-bond acceptors (Lipinski definition) is 4. The predicted molar refractivity (Wildman–Crippen MR) is 89.2 cm³/mol. The molecule has 1 aliphatic heterocycles. The van der Waals surface area contributed by atoms with Crippen LogP contribution in [0.3, 0.4) is 0 Å². The Kier molecular flexibility index (Phi) is 6.92. The lowest BCUT2D eigenvalue weighted by Gasteiger charge is -2.29. The van der Waals surface area contributed by atoms with Crippen molar-refractivity contribution in [2.24, 2.45) is 11.8 Å². The highest BCUT2D eigenvalue weighted by atomic mass is 35.5. The van der Waals surface area contributed by atoms with E-state index in [4.69, 9.17) is 0 Å². The number of rotatable bonds is 4. The Hall–Kier alpha value is -1.33. The summed E-state index contributed by atoms with van der Waals surface area (Å²) in [5.74, 6) is 0.976. The van der Waals surface area contributed by atoms with Crippen LogP contribution < -0.4 is 15.5 Å². The molecule has 0 saturated carbocycles. The third kappa shape index (κ3) is 4.86. The van der Waals surface area contributed by atoms with Crippen LogP contribution in [-0.4, -0.2) is 37.1 Å². The van der Waals surface area contributed by atoms with Crippen molar-refractivity contribution in [2.75, 3.05) is 36.4 Å². The smallest absolute Gasteiger partial charge is 0.228 e. The number of amides is 1. The molecular weight excluding hydrogens is 288 g/mol. The number of piperazine rings is 1. The fourth-order valence-corrected chi connectivity index (χ4v) is 2.11. The molecule has 0 spiro atoms. The topological polar surface area (TPSA) is 57.3 Å². The van der Waals surface area contributed by atoms with Gasteiger partial charge < -0.3 is 15.5 Å². The van der Waals surface area contributed by atoms with Crippen molar-refractivity contribution in [3.8, 4) is 0 Å². The molecule has 1 saturated heterocycles. The van der Waals surface area contributed by atoms with E-state index in [0.717, 1.165) is 31.9 Å². The maximum absolute atomic E-state index is 12.0. The third-order valence-corrected chi connectivity index (χ3v) is 3.89. The maximum Gasteiger partial charge on any atom is 0.228 e. The van der Waals surface area contributed by atoms with Gasteiger partial charge in [-0.3, -0.25) is 4.79 Å². The molecule has 1 aromatic heterocycles. The van der Waals surface area contributed by atoms with Gasteiger partial charge >= 0.3 is 0 Å². The van der Waals surface area contributed by atoms with E-state index in [9.17, 15) is 4.79 Å². The Morgan fingerprint density at radius 3 is 2.48 bits per heavy atom. The molecule has 2 N–H and O–H groups in total. The molecule has 1 fully saturated rings. The van der Waals surface area contributed by atoms with Gasteiger partial charge in [-0.25, -0.2) is 4.98 Å². The van der Waals surface area contributed by atoms with Gasteiger partial charge in [0.2, 0.25) is 5.91 Å². The van der Waals surface area contributed by atoms with E-state index in [0.29, 0.717) is 11.7 Å². The summed E-state index contributed by atoms with van der Waals surface area (Å²) in [6.07, 6.45) is 1.83. The van der Waals surface area contributed by atoms with Crippen molar-refractivity contribution in [3.63, 3.8) is 0 Å². The Balaban J connectivity index is 0.00000220. The van der Waals surface area contributed by atoms with E-state index in [2.05, 4.69) is 20.5 Å². The lowest BCUT2D eigenvalue weighted by molar-refractivity contribution is -0.120. The van der Waals surface area contributed by atoms with E-state index in [1.165, 1.54) is 0 Å². The van der Waals surface area contributed by atoms with Crippen molar-refractivity contribution in [2.45, 2.75) is 20.8 Å². The lowest BCUT2D eigenvalue weighted by Crippen LogP contribution is -2.43. The van der Waals surface area contributed by atoms with Crippen molar-refractivity contribution < 1.29 is 4.79 Å². The second-order valence-electron chi connectivity index (χ2n) is 5.66. The highest BCUT2D eigenvalue weighted by molar-refractivity contribution is 5.91. The van der Waals surface area contributed by atoms with Crippen molar-refractivity contribution in [3.05, 3.63) is 18.3 Å². The standard InChI is InChI=1S/C15H24N4O.ClH/c1-11(2)12(3)15(20)18-14-5-4-13(10-17-14)19-8-6-16-7-9-19;/h4-5,10-12,16H,6-9H2,1-3H3,(H,17,18,20);1H. The minimum Gasteiger partial charge on any atom is -0.368 e. The summed E-state index contributed by atoms with van der Waals surface area (Å²) in [6.45, 7) is 10.0. The molecule has 5 nitrogen and oxygen atoms in total. The largest absolute Gasteiger partial charge is 0.368 e. The molecule has 0 bridgehead atoms. The van der Waals surface area contributed by atoms with Crippen LogP contribution in [0, 0.1) is 11.8 Å². The predicted octanol–water partition coefficient (Wildman–Crippen LogP) is 2.14. The monoisotopic (exact) mass is 312 g/mol. The van der Waals surface area contributed by atoms with Gasteiger partial charge in [0.1, 0.15) is 5.82 Å². The van der Waals surface area contributed by atoms with Gasteiger partial charge in [0.05, 0.1) is 11.9 Å². The quantitative estimate of drug-likeness (QED) is 0.894.